The first-order valence-electron chi connectivity index (χ1n) is 9.41. The fourth-order valence-electron chi connectivity index (χ4n) is 2.48. The number of rotatable bonds is 9. The van der Waals surface area contributed by atoms with Gasteiger partial charge >= 0.3 is 0 Å². The Labute approximate surface area is 165 Å². The molecule has 0 aliphatic carbocycles. The van der Waals surface area contributed by atoms with Crippen LogP contribution in [-0.2, 0) is 19.4 Å². The third-order valence-electron chi connectivity index (χ3n) is 3.99. The van der Waals surface area contributed by atoms with Crippen molar-refractivity contribution in [2.24, 2.45) is 4.99 Å². The molecule has 0 radical (unpaired) electrons. The highest BCUT2D eigenvalue weighted by Crippen LogP contribution is 2.13. The molecule has 146 valence electrons. The Morgan fingerprint density at radius 1 is 1.19 bits per heavy atom. The highest BCUT2D eigenvalue weighted by atomic mass is 32.1. The van der Waals surface area contributed by atoms with Crippen LogP contribution in [-0.4, -0.2) is 37.0 Å². The highest BCUT2D eigenvalue weighted by Gasteiger charge is 2.06. The molecule has 0 atom stereocenters. The largest absolute Gasteiger partial charge is 0.356 e. The third kappa shape index (κ3) is 7.02. The molecule has 27 heavy (non-hydrogen) atoms. The molecular weight excluding hydrogens is 358 g/mol. The normalized spacial score (nSPS) is 11.3. The zero-order chi connectivity index (χ0) is 19.5. The lowest BCUT2D eigenvalue weighted by Crippen LogP contribution is -2.37. The Kier molecular flexibility index (Phi) is 8.77. The summed E-state index contributed by atoms with van der Waals surface area (Å²) in [5, 5.41) is 10.6. The minimum absolute atomic E-state index is 0.0314. The molecular formula is C20H29N5OS. The van der Waals surface area contributed by atoms with Crippen molar-refractivity contribution in [3.05, 3.63) is 51.5 Å². The molecule has 1 aromatic carbocycles. The Balaban J connectivity index is 1.80. The topological polar surface area (TPSA) is 78.4 Å². The Hall–Kier alpha value is -2.41. The second-order valence-corrected chi connectivity index (χ2v) is 7.33. The van der Waals surface area contributed by atoms with E-state index in [-0.39, 0.29) is 5.91 Å². The number of benzene rings is 1. The summed E-state index contributed by atoms with van der Waals surface area (Å²) in [6.45, 7) is 6.25. The highest BCUT2D eigenvalue weighted by molar-refractivity contribution is 7.11. The fourth-order valence-corrected chi connectivity index (χ4v) is 3.35. The number of carbonyl (C=O) groups is 1. The van der Waals surface area contributed by atoms with Gasteiger partial charge in [-0.1, -0.05) is 26.0 Å². The van der Waals surface area contributed by atoms with Crippen molar-refractivity contribution >= 4 is 23.2 Å². The summed E-state index contributed by atoms with van der Waals surface area (Å²) >= 11 is 1.76. The average molecular weight is 388 g/mol. The number of carbonyl (C=O) groups excluding carboxylic acids is 1. The van der Waals surface area contributed by atoms with Gasteiger partial charge in [-0.15, -0.1) is 11.3 Å². The van der Waals surface area contributed by atoms with Crippen molar-refractivity contribution in [2.45, 2.75) is 39.7 Å². The van der Waals surface area contributed by atoms with Crippen LogP contribution in [0.2, 0.25) is 0 Å². The van der Waals surface area contributed by atoms with Gasteiger partial charge in [0.05, 0.1) is 5.01 Å². The predicted octanol–water partition coefficient (Wildman–Crippen LogP) is 2.75. The average Bonchev–Trinajstić information content (AvgIpc) is 3.17. The van der Waals surface area contributed by atoms with Crippen molar-refractivity contribution in [3.63, 3.8) is 0 Å². The molecule has 1 heterocycles. The maximum atomic E-state index is 12.1. The van der Waals surface area contributed by atoms with Crippen LogP contribution in [0.15, 0.2) is 35.5 Å². The smallest absolute Gasteiger partial charge is 0.251 e. The summed E-state index contributed by atoms with van der Waals surface area (Å²) in [4.78, 5) is 22.1. The molecule has 0 aliphatic heterocycles. The van der Waals surface area contributed by atoms with Crippen molar-refractivity contribution in [3.8, 4) is 0 Å². The molecule has 0 bridgehead atoms. The first-order chi connectivity index (χ1) is 13.2. The summed E-state index contributed by atoms with van der Waals surface area (Å²) in [5.74, 6) is 0.708. The lowest BCUT2D eigenvalue weighted by atomic mass is 10.1. The first kappa shape index (κ1) is 20.9. The molecule has 2 rings (SSSR count). The van der Waals surface area contributed by atoms with E-state index in [4.69, 9.17) is 0 Å². The third-order valence-corrected chi connectivity index (χ3v) is 5.19. The van der Waals surface area contributed by atoms with E-state index in [1.165, 1.54) is 4.88 Å². The van der Waals surface area contributed by atoms with Crippen LogP contribution in [0.25, 0.3) is 0 Å². The van der Waals surface area contributed by atoms with Crippen LogP contribution in [0.3, 0.4) is 0 Å². The van der Waals surface area contributed by atoms with Gasteiger partial charge in [0, 0.05) is 49.7 Å². The van der Waals surface area contributed by atoms with Crippen molar-refractivity contribution < 1.29 is 4.79 Å². The molecule has 1 amide bonds. The van der Waals surface area contributed by atoms with E-state index in [0.29, 0.717) is 18.7 Å². The Morgan fingerprint density at radius 3 is 2.74 bits per heavy atom. The lowest BCUT2D eigenvalue weighted by Gasteiger charge is -2.12. The van der Waals surface area contributed by atoms with Gasteiger partial charge in [0.15, 0.2) is 5.96 Å². The van der Waals surface area contributed by atoms with E-state index in [9.17, 15) is 4.79 Å². The summed E-state index contributed by atoms with van der Waals surface area (Å²) in [5.41, 5.74) is 1.72. The molecule has 0 spiro atoms. The van der Waals surface area contributed by atoms with Crippen molar-refractivity contribution in [1.29, 1.82) is 0 Å². The predicted molar refractivity (Wildman–Crippen MR) is 112 cm³/mol. The Morgan fingerprint density at radius 2 is 2.04 bits per heavy atom. The van der Waals surface area contributed by atoms with Crippen LogP contribution in [0, 0.1) is 0 Å². The molecule has 0 saturated carbocycles. The fraction of sp³-hybridized carbons (Fsp3) is 0.450. The summed E-state index contributed by atoms with van der Waals surface area (Å²) < 4.78 is 0. The molecule has 2 aromatic rings. The maximum Gasteiger partial charge on any atom is 0.251 e. The van der Waals surface area contributed by atoms with Crippen LogP contribution in [0.4, 0.5) is 0 Å². The Bertz CT molecular complexity index is 756. The minimum atomic E-state index is -0.0314. The van der Waals surface area contributed by atoms with Gasteiger partial charge in [-0.05, 0) is 30.5 Å². The van der Waals surface area contributed by atoms with Gasteiger partial charge in [-0.25, -0.2) is 4.98 Å². The van der Waals surface area contributed by atoms with Crippen LogP contribution >= 0.6 is 11.3 Å². The molecule has 0 fully saturated rings. The van der Waals surface area contributed by atoms with Gasteiger partial charge in [0.25, 0.3) is 5.91 Å². The lowest BCUT2D eigenvalue weighted by molar-refractivity contribution is 0.0953. The number of aromatic nitrogens is 1. The minimum Gasteiger partial charge on any atom is -0.356 e. The number of aliphatic imine (C=N–C) groups is 1. The number of thiazole rings is 1. The van der Waals surface area contributed by atoms with Crippen LogP contribution in [0.5, 0.6) is 0 Å². The number of nitrogens with zero attached hydrogens (tertiary/aromatic N) is 2. The molecule has 1 aromatic heterocycles. The molecule has 0 unspecified atom stereocenters. The van der Waals surface area contributed by atoms with E-state index >= 15 is 0 Å². The number of guanidine groups is 1. The monoisotopic (exact) mass is 387 g/mol. The number of hydrogen-bond acceptors (Lipinski definition) is 4. The van der Waals surface area contributed by atoms with Gasteiger partial charge in [-0.2, -0.15) is 0 Å². The second kappa shape index (κ2) is 11.3. The zero-order valence-corrected chi connectivity index (χ0v) is 17.2. The summed E-state index contributed by atoms with van der Waals surface area (Å²) in [6.07, 6.45) is 4.79. The van der Waals surface area contributed by atoms with Crippen molar-refractivity contribution in [2.75, 3.05) is 20.1 Å². The number of hydrogen-bond donors (Lipinski definition) is 3. The molecule has 3 N–H and O–H groups in total. The van der Waals surface area contributed by atoms with Crippen LogP contribution < -0.4 is 16.0 Å². The summed E-state index contributed by atoms with van der Waals surface area (Å²) in [7, 11) is 1.75. The van der Waals surface area contributed by atoms with E-state index < -0.39 is 0 Å². The zero-order valence-electron chi connectivity index (χ0n) is 16.3. The maximum absolute atomic E-state index is 12.1. The van der Waals surface area contributed by atoms with E-state index in [0.717, 1.165) is 42.3 Å². The second-order valence-electron chi connectivity index (χ2n) is 6.13. The van der Waals surface area contributed by atoms with E-state index in [2.05, 4.69) is 32.9 Å². The SMILES string of the molecule is CCCNC(=O)c1cccc(CNC(=NC)NCCc2ncc(CC)s2)c1. The number of aryl methyl sites for hydroxylation is 1. The van der Waals surface area contributed by atoms with E-state index in [1.807, 2.05) is 37.4 Å². The summed E-state index contributed by atoms with van der Waals surface area (Å²) in [6, 6.07) is 7.65. The van der Waals surface area contributed by atoms with Gasteiger partial charge in [0.1, 0.15) is 0 Å². The van der Waals surface area contributed by atoms with Gasteiger partial charge < -0.3 is 16.0 Å². The number of nitrogens with one attached hydrogen (secondary N) is 3. The molecule has 6 nitrogen and oxygen atoms in total. The molecule has 0 saturated heterocycles. The van der Waals surface area contributed by atoms with Gasteiger partial charge in [-0.3, -0.25) is 9.79 Å². The van der Waals surface area contributed by atoms with Crippen molar-refractivity contribution in [1.82, 2.24) is 20.9 Å². The van der Waals surface area contributed by atoms with E-state index in [1.54, 1.807) is 18.4 Å². The quantitative estimate of drug-likeness (QED) is 0.457. The number of amides is 1. The van der Waals surface area contributed by atoms with Crippen LogP contribution in [0.1, 0.15) is 46.1 Å². The standard InChI is InChI=1S/C20H29N5OS/c1-4-10-22-19(26)16-8-6-7-15(12-16)13-25-20(21-3)23-11-9-18-24-14-17(5-2)27-18/h6-8,12,14H,4-5,9-11,13H2,1-3H3,(H,22,26)(H2,21,23,25). The molecule has 0 aliphatic rings. The molecule has 7 heteroatoms. The van der Waals surface area contributed by atoms with Gasteiger partial charge in [0.2, 0.25) is 0 Å². The first-order valence-corrected chi connectivity index (χ1v) is 10.2.